The first-order valence-electron chi connectivity index (χ1n) is 7.57. The fourth-order valence-electron chi connectivity index (χ4n) is 2.33. The molecule has 1 N–H and O–H groups in total. The summed E-state index contributed by atoms with van der Waals surface area (Å²) in [6.07, 6.45) is 2.77. The largest absolute Gasteiger partial charge is 0.289 e. The summed E-state index contributed by atoms with van der Waals surface area (Å²) in [5, 5.41) is 14.6. The van der Waals surface area contributed by atoms with E-state index >= 15 is 0 Å². The van der Waals surface area contributed by atoms with Crippen molar-refractivity contribution in [1.29, 1.82) is 0 Å². The van der Waals surface area contributed by atoms with Gasteiger partial charge in [0.2, 0.25) is 0 Å². The van der Waals surface area contributed by atoms with Crippen LogP contribution in [0.5, 0.6) is 0 Å². The van der Waals surface area contributed by atoms with Crippen LogP contribution in [0.3, 0.4) is 0 Å². The summed E-state index contributed by atoms with van der Waals surface area (Å²) >= 11 is 1.47. The van der Waals surface area contributed by atoms with E-state index in [-0.39, 0.29) is 5.78 Å². The van der Waals surface area contributed by atoms with E-state index in [1.54, 1.807) is 11.4 Å². The van der Waals surface area contributed by atoms with Crippen LogP contribution in [-0.4, -0.2) is 16.1 Å². The molecule has 24 heavy (non-hydrogen) atoms. The topological polar surface area (TPSA) is 40.5 Å². The molecule has 3 rings (SSSR count). The third kappa shape index (κ3) is 4.19. The predicted molar refractivity (Wildman–Crippen MR) is 97.0 cm³/mol. The Balaban J connectivity index is 1.60. The molecule has 2 aromatic carbocycles. The quantitative estimate of drug-likeness (QED) is 0.391. The maximum absolute atomic E-state index is 11.8. The molecule has 3 nitrogen and oxygen atoms in total. The molecule has 0 saturated heterocycles. The Labute approximate surface area is 145 Å². The van der Waals surface area contributed by atoms with E-state index in [0.29, 0.717) is 12.1 Å². The van der Waals surface area contributed by atoms with Crippen LogP contribution in [0.2, 0.25) is 0 Å². The summed E-state index contributed by atoms with van der Waals surface area (Å²) in [5.74, 6) is -0.116. The highest BCUT2D eigenvalue weighted by Crippen LogP contribution is 2.19. The van der Waals surface area contributed by atoms with Crippen LogP contribution in [0.1, 0.15) is 15.9 Å². The number of hydroxylamine groups is 2. The Morgan fingerprint density at radius 1 is 1.00 bits per heavy atom. The maximum Gasteiger partial charge on any atom is 0.188 e. The van der Waals surface area contributed by atoms with Gasteiger partial charge in [0.05, 0.1) is 6.54 Å². The number of carbonyl (C=O) groups excluding carboxylic acids is 1. The van der Waals surface area contributed by atoms with Crippen LogP contribution < -0.4 is 0 Å². The molecular formula is C20H17NO2S. The van der Waals surface area contributed by atoms with Gasteiger partial charge < -0.3 is 0 Å². The molecule has 4 heteroatoms. The standard InChI is InChI=1S/C20H17NO2S/c22-20(19-11-13-24-15-19)10-12-21(23)14-16-6-8-18(9-7-16)17-4-2-1-3-5-17/h1-13,15,23H,14H2/b12-10-. The SMILES string of the molecule is O=C(/C=C\N(O)Cc1ccc(-c2ccccc2)cc1)c1ccsc1. The van der Waals surface area contributed by atoms with Gasteiger partial charge in [0, 0.05) is 23.2 Å². The van der Waals surface area contributed by atoms with Crippen molar-refractivity contribution in [2.75, 3.05) is 0 Å². The first kappa shape index (κ1) is 16.2. The van der Waals surface area contributed by atoms with E-state index < -0.39 is 0 Å². The smallest absolute Gasteiger partial charge is 0.188 e. The minimum Gasteiger partial charge on any atom is -0.289 e. The lowest BCUT2D eigenvalue weighted by molar-refractivity contribution is -0.0491. The summed E-state index contributed by atoms with van der Waals surface area (Å²) in [6, 6.07) is 19.9. The third-order valence-corrected chi connectivity index (χ3v) is 4.29. The number of hydrogen-bond donors (Lipinski definition) is 1. The van der Waals surface area contributed by atoms with E-state index in [2.05, 4.69) is 12.1 Å². The van der Waals surface area contributed by atoms with Gasteiger partial charge in [-0.05, 0) is 28.1 Å². The number of thiophene rings is 1. The monoisotopic (exact) mass is 335 g/mol. The van der Waals surface area contributed by atoms with Crippen molar-refractivity contribution < 1.29 is 10.0 Å². The molecule has 3 aromatic rings. The summed E-state index contributed by atoms with van der Waals surface area (Å²) in [6.45, 7) is 0.322. The second-order valence-electron chi connectivity index (χ2n) is 5.35. The van der Waals surface area contributed by atoms with Crippen molar-refractivity contribution in [2.24, 2.45) is 0 Å². The van der Waals surface area contributed by atoms with Crippen LogP contribution in [-0.2, 0) is 6.54 Å². The summed E-state index contributed by atoms with van der Waals surface area (Å²) < 4.78 is 0. The van der Waals surface area contributed by atoms with Gasteiger partial charge in [0.1, 0.15) is 0 Å². The molecule has 1 heterocycles. The van der Waals surface area contributed by atoms with Crippen LogP contribution in [0.4, 0.5) is 0 Å². The number of nitrogens with zero attached hydrogens (tertiary/aromatic N) is 1. The fourth-order valence-corrected chi connectivity index (χ4v) is 2.97. The molecule has 0 aliphatic rings. The van der Waals surface area contributed by atoms with E-state index in [0.717, 1.165) is 21.8 Å². The zero-order valence-electron chi connectivity index (χ0n) is 13.0. The van der Waals surface area contributed by atoms with Gasteiger partial charge in [0.25, 0.3) is 0 Å². The van der Waals surface area contributed by atoms with Crippen molar-refractivity contribution in [1.82, 2.24) is 5.06 Å². The lowest BCUT2D eigenvalue weighted by Crippen LogP contribution is -2.11. The number of hydrogen-bond acceptors (Lipinski definition) is 4. The molecule has 0 amide bonds. The molecule has 0 spiro atoms. The van der Waals surface area contributed by atoms with Crippen molar-refractivity contribution in [2.45, 2.75) is 6.54 Å². The second kappa shape index (κ2) is 7.73. The predicted octanol–water partition coefficient (Wildman–Crippen LogP) is 5.00. The Hall–Kier alpha value is -2.69. The number of ketones is 1. The van der Waals surface area contributed by atoms with Crippen molar-refractivity contribution >= 4 is 17.1 Å². The van der Waals surface area contributed by atoms with Gasteiger partial charge in [-0.25, -0.2) is 0 Å². The minimum absolute atomic E-state index is 0.116. The lowest BCUT2D eigenvalue weighted by Gasteiger charge is -2.12. The molecule has 0 bridgehead atoms. The van der Waals surface area contributed by atoms with Crippen molar-refractivity contribution in [3.05, 3.63) is 94.8 Å². The number of carbonyl (C=O) groups is 1. The molecule has 1 aromatic heterocycles. The van der Waals surface area contributed by atoms with Gasteiger partial charge in [-0.15, -0.1) is 0 Å². The molecule has 0 radical (unpaired) electrons. The summed E-state index contributed by atoms with van der Waals surface area (Å²) in [5.41, 5.74) is 3.89. The van der Waals surface area contributed by atoms with Gasteiger partial charge in [0.15, 0.2) is 5.78 Å². The molecule has 0 aliphatic carbocycles. The van der Waals surface area contributed by atoms with Gasteiger partial charge in [-0.3, -0.25) is 15.1 Å². The zero-order valence-corrected chi connectivity index (χ0v) is 13.8. The fraction of sp³-hybridized carbons (Fsp3) is 0.0500. The Kier molecular flexibility index (Phi) is 5.21. The average molecular weight is 335 g/mol. The van der Waals surface area contributed by atoms with Crippen molar-refractivity contribution in [3.8, 4) is 11.1 Å². The number of allylic oxidation sites excluding steroid dienone is 1. The molecule has 0 unspecified atom stereocenters. The van der Waals surface area contributed by atoms with E-state index in [9.17, 15) is 10.0 Å². The van der Waals surface area contributed by atoms with Crippen molar-refractivity contribution in [3.63, 3.8) is 0 Å². The van der Waals surface area contributed by atoms with E-state index in [1.807, 2.05) is 47.8 Å². The molecule has 120 valence electrons. The number of rotatable bonds is 6. The minimum atomic E-state index is -0.116. The van der Waals surface area contributed by atoms with Crippen LogP contribution in [0.25, 0.3) is 11.1 Å². The maximum atomic E-state index is 11.8. The summed E-state index contributed by atoms with van der Waals surface area (Å²) in [4.78, 5) is 11.8. The van der Waals surface area contributed by atoms with E-state index in [4.69, 9.17) is 0 Å². The Morgan fingerprint density at radius 2 is 1.71 bits per heavy atom. The molecule has 0 saturated carbocycles. The highest BCUT2D eigenvalue weighted by Gasteiger charge is 2.03. The average Bonchev–Trinajstić information content (AvgIpc) is 3.16. The first-order valence-corrected chi connectivity index (χ1v) is 8.51. The molecule has 0 aliphatic heterocycles. The molecular weight excluding hydrogens is 318 g/mol. The zero-order chi connectivity index (χ0) is 16.8. The normalized spacial score (nSPS) is 10.9. The van der Waals surface area contributed by atoms with Crippen LogP contribution in [0.15, 0.2) is 83.7 Å². The molecule has 0 atom stereocenters. The lowest BCUT2D eigenvalue weighted by atomic mass is 10.0. The summed E-state index contributed by atoms with van der Waals surface area (Å²) in [7, 11) is 0. The molecule has 0 fully saturated rings. The number of benzene rings is 2. The Bertz CT molecular complexity index is 809. The second-order valence-corrected chi connectivity index (χ2v) is 6.13. The highest BCUT2D eigenvalue weighted by molar-refractivity contribution is 7.08. The highest BCUT2D eigenvalue weighted by atomic mass is 32.1. The van der Waals surface area contributed by atoms with Crippen LogP contribution >= 0.6 is 11.3 Å². The first-order chi connectivity index (χ1) is 11.7. The van der Waals surface area contributed by atoms with Gasteiger partial charge in [-0.1, -0.05) is 54.6 Å². The van der Waals surface area contributed by atoms with E-state index in [1.165, 1.54) is 23.6 Å². The Morgan fingerprint density at radius 3 is 2.38 bits per heavy atom. The van der Waals surface area contributed by atoms with Gasteiger partial charge in [-0.2, -0.15) is 11.3 Å². The third-order valence-electron chi connectivity index (χ3n) is 3.61. The van der Waals surface area contributed by atoms with Crippen LogP contribution in [0, 0.1) is 0 Å². The van der Waals surface area contributed by atoms with Gasteiger partial charge >= 0.3 is 0 Å².